The summed E-state index contributed by atoms with van der Waals surface area (Å²) < 4.78 is 5.87. The Hall–Kier alpha value is -2.36. The van der Waals surface area contributed by atoms with Crippen LogP contribution in [0.2, 0.25) is 0 Å². The number of thioether (sulfide) groups is 1. The van der Waals surface area contributed by atoms with Crippen molar-refractivity contribution >= 4 is 29.9 Å². The van der Waals surface area contributed by atoms with E-state index in [1.54, 1.807) is 25.2 Å². The van der Waals surface area contributed by atoms with Crippen LogP contribution in [-0.4, -0.2) is 44.4 Å². The maximum absolute atomic E-state index is 9.20. The van der Waals surface area contributed by atoms with Gasteiger partial charge in [0.1, 0.15) is 10.4 Å². The van der Waals surface area contributed by atoms with Crippen LogP contribution in [0.15, 0.2) is 36.8 Å². The minimum Gasteiger partial charge on any atom is -0.497 e. The smallest absolute Gasteiger partial charge is 0.201 e. The fraction of sp³-hybridized carbons (Fsp3) is 0.316. The summed E-state index contributed by atoms with van der Waals surface area (Å²) in [6.45, 7) is 0.733. The summed E-state index contributed by atoms with van der Waals surface area (Å²) >= 11 is 7.21. The summed E-state index contributed by atoms with van der Waals surface area (Å²) in [7, 11) is 1.66. The van der Waals surface area contributed by atoms with Crippen molar-refractivity contribution in [1.29, 1.82) is 0 Å². The zero-order chi connectivity index (χ0) is 19.8. The van der Waals surface area contributed by atoms with Gasteiger partial charge < -0.3 is 25.1 Å². The fourth-order valence-corrected chi connectivity index (χ4v) is 3.68. The number of nitrogens with zero attached hydrogens (tertiary/aromatic N) is 2. The third kappa shape index (κ3) is 5.57. The summed E-state index contributed by atoms with van der Waals surface area (Å²) in [6.07, 6.45) is 4.15. The number of aromatic amines is 2. The number of aromatic nitrogens is 4. The molecule has 0 spiro atoms. The molecule has 1 aromatic carbocycles. The highest BCUT2D eigenvalue weighted by Crippen LogP contribution is 2.16. The van der Waals surface area contributed by atoms with E-state index in [0.29, 0.717) is 10.6 Å². The van der Waals surface area contributed by atoms with Crippen LogP contribution < -0.4 is 10.1 Å². The zero-order valence-electron chi connectivity index (χ0n) is 15.6. The molecule has 0 saturated heterocycles. The van der Waals surface area contributed by atoms with Crippen molar-refractivity contribution < 1.29 is 9.84 Å². The molecule has 9 heteroatoms. The summed E-state index contributed by atoms with van der Waals surface area (Å²) in [5, 5.41) is 12.5. The molecule has 148 valence electrons. The zero-order valence-corrected chi connectivity index (χ0v) is 17.2. The monoisotopic (exact) mass is 417 g/mol. The van der Waals surface area contributed by atoms with E-state index in [-0.39, 0.29) is 6.61 Å². The largest absolute Gasteiger partial charge is 0.497 e. The van der Waals surface area contributed by atoms with Crippen LogP contribution in [0.4, 0.5) is 5.95 Å². The fourth-order valence-electron chi connectivity index (χ4n) is 2.62. The minimum absolute atomic E-state index is 0.0164. The molecule has 4 N–H and O–H groups in total. The van der Waals surface area contributed by atoms with Crippen LogP contribution in [0.25, 0.3) is 0 Å². The number of rotatable bonds is 10. The minimum atomic E-state index is -0.0164. The third-order valence-corrected chi connectivity index (χ3v) is 5.50. The first-order valence-corrected chi connectivity index (χ1v) is 10.4. The molecular weight excluding hydrogens is 394 g/mol. The highest BCUT2D eigenvalue weighted by molar-refractivity contribution is 7.98. The van der Waals surface area contributed by atoms with Gasteiger partial charge in [0, 0.05) is 36.2 Å². The van der Waals surface area contributed by atoms with Gasteiger partial charge in [0.2, 0.25) is 5.95 Å². The SMILES string of the molecule is COc1ccc(Cc2cnc(NCCSCc3nc[nH]c3CO)[nH]c2=S)cc1. The second-order valence-corrected chi connectivity index (χ2v) is 7.59. The summed E-state index contributed by atoms with van der Waals surface area (Å²) in [5.41, 5.74) is 3.81. The van der Waals surface area contributed by atoms with E-state index in [1.165, 1.54) is 0 Å². The van der Waals surface area contributed by atoms with Gasteiger partial charge in [-0.1, -0.05) is 24.4 Å². The third-order valence-electron chi connectivity index (χ3n) is 4.17. The molecule has 0 aliphatic heterocycles. The molecule has 3 rings (SSSR count). The number of benzene rings is 1. The second kappa shape index (κ2) is 10.3. The summed E-state index contributed by atoms with van der Waals surface area (Å²) in [5.74, 6) is 3.14. The average Bonchev–Trinajstić information content (AvgIpc) is 3.18. The summed E-state index contributed by atoms with van der Waals surface area (Å²) in [4.78, 5) is 14.7. The molecule has 2 aromatic heterocycles. The Morgan fingerprint density at radius 1 is 1.25 bits per heavy atom. The van der Waals surface area contributed by atoms with E-state index in [9.17, 15) is 5.11 Å². The number of ether oxygens (including phenoxy) is 1. The van der Waals surface area contributed by atoms with E-state index in [1.807, 2.05) is 30.5 Å². The summed E-state index contributed by atoms with van der Waals surface area (Å²) in [6, 6.07) is 7.93. The van der Waals surface area contributed by atoms with Gasteiger partial charge in [0.15, 0.2) is 0 Å². The first kappa shape index (κ1) is 20.4. The molecule has 0 fully saturated rings. The lowest BCUT2D eigenvalue weighted by molar-refractivity contribution is 0.276. The molecule has 2 heterocycles. The van der Waals surface area contributed by atoms with Crippen molar-refractivity contribution in [2.24, 2.45) is 0 Å². The maximum atomic E-state index is 9.20. The van der Waals surface area contributed by atoms with E-state index in [4.69, 9.17) is 17.0 Å². The Morgan fingerprint density at radius 2 is 2.07 bits per heavy atom. The number of hydrogen-bond acceptors (Lipinski definition) is 7. The van der Waals surface area contributed by atoms with Crippen molar-refractivity contribution in [3.05, 3.63) is 63.9 Å². The number of aliphatic hydroxyl groups excluding tert-OH is 1. The van der Waals surface area contributed by atoms with Crippen molar-refractivity contribution in [2.45, 2.75) is 18.8 Å². The lowest BCUT2D eigenvalue weighted by Gasteiger charge is -2.08. The Balaban J connectivity index is 1.46. The molecule has 0 amide bonds. The quantitative estimate of drug-likeness (QED) is 0.297. The van der Waals surface area contributed by atoms with Crippen molar-refractivity contribution in [3.8, 4) is 5.75 Å². The highest BCUT2D eigenvalue weighted by atomic mass is 32.2. The second-order valence-electron chi connectivity index (χ2n) is 6.08. The molecule has 0 saturated carbocycles. The van der Waals surface area contributed by atoms with Gasteiger partial charge in [0.25, 0.3) is 0 Å². The molecule has 0 atom stereocenters. The van der Waals surface area contributed by atoms with Crippen LogP contribution in [0.1, 0.15) is 22.5 Å². The predicted molar refractivity (Wildman–Crippen MR) is 114 cm³/mol. The number of imidazole rings is 1. The van der Waals surface area contributed by atoms with E-state index >= 15 is 0 Å². The Morgan fingerprint density at radius 3 is 2.79 bits per heavy atom. The van der Waals surface area contributed by atoms with Gasteiger partial charge in [-0.25, -0.2) is 9.97 Å². The number of H-pyrrole nitrogens is 2. The van der Waals surface area contributed by atoms with Gasteiger partial charge in [-0.05, 0) is 17.7 Å². The van der Waals surface area contributed by atoms with Gasteiger partial charge >= 0.3 is 0 Å². The van der Waals surface area contributed by atoms with Gasteiger partial charge in [-0.2, -0.15) is 11.8 Å². The molecular formula is C19H23N5O2S2. The van der Waals surface area contributed by atoms with E-state index < -0.39 is 0 Å². The maximum Gasteiger partial charge on any atom is 0.201 e. The number of methoxy groups -OCH3 is 1. The lowest BCUT2D eigenvalue weighted by atomic mass is 10.1. The molecule has 28 heavy (non-hydrogen) atoms. The number of hydrogen-bond donors (Lipinski definition) is 4. The van der Waals surface area contributed by atoms with Crippen LogP contribution >= 0.6 is 24.0 Å². The van der Waals surface area contributed by atoms with Gasteiger partial charge in [-0.3, -0.25) is 0 Å². The number of nitrogens with one attached hydrogen (secondary N) is 3. The Bertz CT molecular complexity index is 940. The van der Waals surface area contributed by atoms with Crippen molar-refractivity contribution in [1.82, 2.24) is 19.9 Å². The number of aliphatic hydroxyl groups is 1. The Labute approximate surface area is 173 Å². The van der Waals surface area contributed by atoms with Crippen molar-refractivity contribution in [2.75, 3.05) is 24.7 Å². The normalized spacial score (nSPS) is 10.8. The van der Waals surface area contributed by atoms with Crippen LogP contribution in [0, 0.1) is 4.64 Å². The Kier molecular flexibility index (Phi) is 7.46. The topological polar surface area (TPSA) is 98.8 Å². The lowest BCUT2D eigenvalue weighted by Crippen LogP contribution is -2.08. The number of anilines is 1. The first-order valence-electron chi connectivity index (χ1n) is 8.84. The highest BCUT2D eigenvalue weighted by Gasteiger charge is 2.05. The van der Waals surface area contributed by atoms with Gasteiger partial charge in [-0.15, -0.1) is 0 Å². The molecule has 3 aromatic rings. The predicted octanol–water partition coefficient (Wildman–Crippen LogP) is 3.30. The molecule has 0 bridgehead atoms. The molecule has 0 aliphatic rings. The van der Waals surface area contributed by atoms with Gasteiger partial charge in [0.05, 0.1) is 31.4 Å². The standard InChI is InChI=1S/C19H23N5O2S2/c1-26-15-4-2-13(3-5-15)8-14-9-21-19(24-18(14)27)20-6-7-28-11-17-16(10-25)22-12-23-17/h2-5,9,12,25H,6-8,10-11H2,1H3,(H,22,23)(H2,20,21,24,27). The average molecular weight is 418 g/mol. The molecule has 0 aliphatic carbocycles. The van der Waals surface area contributed by atoms with Crippen LogP contribution in [0.5, 0.6) is 5.75 Å². The molecule has 7 nitrogen and oxygen atoms in total. The van der Waals surface area contributed by atoms with Crippen molar-refractivity contribution in [3.63, 3.8) is 0 Å². The molecule has 0 radical (unpaired) electrons. The molecule has 0 unspecified atom stereocenters. The first-order chi connectivity index (χ1) is 13.7. The van der Waals surface area contributed by atoms with E-state index in [0.717, 1.165) is 52.7 Å². The van der Waals surface area contributed by atoms with Crippen LogP contribution in [-0.2, 0) is 18.8 Å². The van der Waals surface area contributed by atoms with E-state index in [2.05, 4.69) is 25.3 Å². The van der Waals surface area contributed by atoms with Crippen LogP contribution in [0.3, 0.4) is 0 Å².